The Bertz CT molecular complexity index is 491. The summed E-state index contributed by atoms with van der Waals surface area (Å²) < 4.78 is 13.9. The smallest absolute Gasteiger partial charge is 0.254 e. The summed E-state index contributed by atoms with van der Waals surface area (Å²) in [6.45, 7) is 1.62. The number of rotatable bonds is 3. The lowest BCUT2D eigenvalue weighted by atomic mass is 10.0. The van der Waals surface area contributed by atoms with E-state index in [0.29, 0.717) is 11.3 Å². The molecule has 0 radical (unpaired) electrons. The minimum atomic E-state index is -0.537. The second kappa shape index (κ2) is 5.57. The van der Waals surface area contributed by atoms with Gasteiger partial charge in [-0.25, -0.2) is 4.39 Å². The Kier molecular flexibility index (Phi) is 4.04. The maximum atomic E-state index is 13.9. The lowest BCUT2D eigenvalue weighted by Gasteiger charge is -2.19. The summed E-state index contributed by atoms with van der Waals surface area (Å²) in [5, 5.41) is 12.0. The van der Waals surface area contributed by atoms with Gasteiger partial charge in [-0.3, -0.25) is 4.79 Å². The van der Waals surface area contributed by atoms with E-state index in [9.17, 15) is 14.3 Å². The number of anilines is 1. The third-order valence-electron chi connectivity index (χ3n) is 3.73. The van der Waals surface area contributed by atoms with E-state index >= 15 is 0 Å². The molecule has 0 bridgehead atoms. The minimum Gasteiger partial charge on any atom is -0.399 e. The number of carbonyl (C=O) groups excluding carboxylic acids is 1. The predicted octanol–water partition coefficient (Wildman–Crippen LogP) is 1.61. The number of aryl methyl sites for hydroxylation is 1. The Morgan fingerprint density at radius 1 is 1.53 bits per heavy atom. The predicted molar refractivity (Wildman–Crippen MR) is 71.2 cm³/mol. The fourth-order valence-corrected chi connectivity index (χ4v) is 2.65. The number of nitrogen functional groups attached to an aromatic ring is 1. The van der Waals surface area contributed by atoms with Gasteiger partial charge in [0.2, 0.25) is 0 Å². The fraction of sp³-hybridized carbons (Fsp3) is 0.500. The summed E-state index contributed by atoms with van der Waals surface area (Å²) in [4.78, 5) is 12.1. The van der Waals surface area contributed by atoms with Crippen LogP contribution in [0.4, 0.5) is 10.1 Å². The van der Waals surface area contributed by atoms with E-state index in [2.05, 4.69) is 5.32 Å². The van der Waals surface area contributed by atoms with Crippen LogP contribution < -0.4 is 11.1 Å². The average molecular weight is 266 g/mol. The molecule has 4 N–H and O–H groups in total. The number of hydrogen-bond donors (Lipinski definition) is 3. The zero-order chi connectivity index (χ0) is 14.0. The fourth-order valence-electron chi connectivity index (χ4n) is 2.65. The molecule has 2 atom stereocenters. The number of aliphatic hydroxyl groups excluding tert-OH is 1. The molecule has 1 aliphatic carbocycles. The second-order valence-electron chi connectivity index (χ2n) is 5.15. The number of aliphatic hydroxyl groups is 1. The molecule has 0 aromatic heterocycles. The number of nitrogens with two attached hydrogens (primary N) is 1. The number of hydrogen-bond acceptors (Lipinski definition) is 3. The Morgan fingerprint density at radius 2 is 2.26 bits per heavy atom. The van der Waals surface area contributed by atoms with E-state index in [0.717, 1.165) is 19.3 Å². The summed E-state index contributed by atoms with van der Waals surface area (Å²) in [6.07, 6.45) is 2.67. The third kappa shape index (κ3) is 2.87. The van der Waals surface area contributed by atoms with Crippen molar-refractivity contribution >= 4 is 11.6 Å². The van der Waals surface area contributed by atoms with Crippen LogP contribution in [0.25, 0.3) is 0 Å². The van der Waals surface area contributed by atoms with Crippen LogP contribution in [0.15, 0.2) is 12.1 Å². The number of nitrogens with one attached hydrogen (secondary N) is 1. The molecule has 1 aromatic carbocycles. The summed E-state index contributed by atoms with van der Waals surface area (Å²) in [5.74, 6) is -0.933. The number of benzene rings is 1. The molecule has 104 valence electrons. The van der Waals surface area contributed by atoms with Gasteiger partial charge in [0, 0.05) is 24.3 Å². The van der Waals surface area contributed by atoms with Crippen molar-refractivity contribution in [2.75, 3.05) is 12.3 Å². The lowest BCUT2D eigenvalue weighted by molar-refractivity contribution is 0.0912. The standard InChI is InChI=1S/C14H19FN2O2/c1-8-5-10(16)6-11(13(8)15)14(19)17-12-4-2-3-9(12)7-18/h5-6,9,12,18H,2-4,7,16H2,1H3,(H,17,19). The molecule has 0 spiro atoms. The van der Waals surface area contributed by atoms with Crippen molar-refractivity contribution in [3.8, 4) is 0 Å². The van der Waals surface area contributed by atoms with Crippen molar-refractivity contribution in [3.63, 3.8) is 0 Å². The molecular weight excluding hydrogens is 247 g/mol. The van der Waals surface area contributed by atoms with Gasteiger partial charge in [0.1, 0.15) is 5.82 Å². The molecule has 1 aromatic rings. The molecule has 4 nitrogen and oxygen atoms in total. The Labute approximate surface area is 111 Å². The van der Waals surface area contributed by atoms with Crippen LogP contribution in [-0.2, 0) is 0 Å². The number of amides is 1. The first kappa shape index (κ1) is 13.8. The highest BCUT2D eigenvalue weighted by Crippen LogP contribution is 2.26. The molecule has 1 fully saturated rings. The maximum absolute atomic E-state index is 13.9. The third-order valence-corrected chi connectivity index (χ3v) is 3.73. The first-order valence-electron chi connectivity index (χ1n) is 6.50. The Hall–Kier alpha value is -1.62. The van der Waals surface area contributed by atoms with Crippen molar-refractivity contribution in [1.82, 2.24) is 5.32 Å². The highest BCUT2D eigenvalue weighted by molar-refractivity contribution is 5.95. The van der Waals surface area contributed by atoms with Crippen LogP contribution in [0.2, 0.25) is 0 Å². The molecule has 0 heterocycles. The normalized spacial score (nSPS) is 22.5. The Balaban J connectivity index is 2.16. The monoisotopic (exact) mass is 266 g/mol. The van der Waals surface area contributed by atoms with Crippen LogP contribution in [0, 0.1) is 18.7 Å². The highest BCUT2D eigenvalue weighted by Gasteiger charge is 2.29. The van der Waals surface area contributed by atoms with Crippen LogP contribution in [-0.4, -0.2) is 23.7 Å². The maximum Gasteiger partial charge on any atom is 0.254 e. The zero-order valence-corrected chi connectivity index (χ0v) is 10.9. The van der Waals surface area contributed by atoms with Crippen molar-refractivity contribution in [2.24, 2.45) is 5.92 Å². The summed E-state index contributed by atoms with van der Waals surface area (Å²) in [5.41, 5.74) is 6.34. The van der Waals surface area contributed by atoms with Gasteiger partial charge in [-0.2, -0.15) is 0 Å². The van der Waals surface area contributed by atoms with Crippen molar-refractivity contribution in [3.05, 3.63) is 29.1 Å². The average Bonchev–Trinajstić information content (AvgIpc) is 2.80. The summed E-state index contributed by atoms with van der Waals surface area (Å²) in [6, 6.07) is 2.76. The van der Waals surface area contributed by atoms with Gasteiger partial charge in [0.25, 0.3) is 5.91 Å². The topological polar surface area (TPSA) is 75.4 Å². The van der Waals surface area contributed by atoms with E-state index in [1.165, 1.54) is 12.1 Å². The summed E-state index contributed by atoms with van der Waals surface area (Å²) in [7, 11) is 0. The van der Waals surface area contributed by atoms with Crippen LogP contribution in [0.5, 0.6) is 0 Å². The van der Waals surface area contributed by atoms with Gasteiger partial charge < -0.3 is 16.2 Å². The Morgan fingerprint density at radius 3 is 2.95 bits per heavy atom. The minimum absolute atomic E-state index is 0.0268. The van der Waals surface area contributed by atoms with Gasteiger partial charge in [0.05, 0.1) is 5.56 Å². The van der Waals surface area contributed by atoms with E-state index in [1.807, 2.05) is 0 Å². The van der Waals surface area contributed by atoms with Crippen LogP contribution >= 0.6 is 0 Å². The first-order chi connectivity index (χ1) is 9.02. The van der Waals surface area contributed by atoms with E-state index in [1.54, 1.807) is 6.92 Å². The molecule has 1 aliphatic rings. The highest BCUT2D eigenvalue weighted by atomic mass is 19.1. The van der Waals surface area contributed by atoms with E-state index < -0.39 is 11.7 Å². The van der Waals surface area contributed by atoms with Crippen molar-refractivity contribution < 1.29 is 14.3 Å². The molecule has 2 unspecified atom stereocenters. The molecule has 19 heavy (non-hydrogen) atoms. The quantitative estimate of drug-likeness (QED) is 0.727. The van der Waals surface area contributed by atoms with Gasteiger partial charge >= 0.3 is 0 Å². The molecule has 2 rings (SSSR count). The van der Waals surface area contributed by atoms with Gasteiger partial charge in [-0.15, -0.1) is 0 Å². The molecule has 1 saturated carbocycles. The molecule has 1 amide bonds. The number of carbonyl (C=O) groups is 1. The van der Waals surface area contributed by atoms with E-state index in [-0.39, 0.29) is 24.1 Å². The van der Waals surface area contributed by atoms with Crippen molar-refractivity contribution in [1.29, 1.82) is 0 Å². The lowest BCUT2D eigenvalue weighted by Crippen LogP contribution is -2.39. The summed E-state index contributed by atoms with van der Waals surface area (Å²) >= 11 is 0. The van der Waals surface area contributed by atoms with Gasteiger partial charge in [-0.1, -0.05) is 6.42 Å². The molecule has 0 saturated heterocycles. The molecular formula is C14H19FN2O2. The molecule has 0 aliphatic heterocycles. The number of halogens is 1. The van der Waals surface area contributed by atoms with Crippen LogP contribution in [0.3, 0.4) is 0 Å². The molecule has 5 heteroatoms. The van der Waals surface area contributed by atoms with Gasteiger partial charge in [0.15, 0.2) is 0 Å². The van der Waals surface area contributed by atoms with Crippen molar-refractivity contribution in [2.45, 2.75) is 32.2 Å². The zero-order valence-electron chi connectivity index (χ0n) is 10.9. The second-order valence-corrected chi connectivity index (χ2v) is 5.15. The largest absolute Gasteiger partial charge is 0.399 e. The first-order valence-corrected chi connectivity index (χ1v) is 6.50. The van der Waals surface area contributed by atoms with E-state index in [4.69, 9.17) is 5.73 Å². The van der Waals surface area contributed by atoms with Gasteiger partial charge in [-0.05, 0) is 37.5 Å². The SMILES string of the molecule is Cc1cc(N)cc(C(=O)NC2CCCC2CO)c1F. The van der Waals surface area contributed by atoms with Crippen LogP contribution in [0.1, 0.15) is 35.2 Å².